The van der Waals surface area contributed by atoms with Gasteiger partial charge in [0.2, 0.25) is 11.7 Å². The Morgan fingerprint density at radius 3 is 2.67 bits per heavy atom. The van der Waals surface area contributed by atoms with Crippen molar-refractivity contribution in [2.75, 3.05) is 4.90 Å². The molecule has 2 aliphatic heterocycles. The molecule has 0 radical (unpaired) electrons. The zero-order chi connectivity index (χ0) is 20.8. The van der Waals surface area contributed by atoms with Crippen LogP contribution in [0.5, 0.6) is 0 Å². The second-order valence-corrected chi connectivity index (χ2v) is 7.98. The summed E-state index contributed by atoms with van der Waals surface area (Å²) in [7, 11) is 0. The quantitative estimate of drug-likeness (QED) is 0.546. The Balaban J connectivity index is 1.36. The van der Waals surface area contributed by atoms with Crippen LogP contribution >= 0.6 is 15.9 Å². The molecule has 0 N–H and O–H groups in total. The molecule has 1 saturated heterocycles. The van der Waals surface area contributed by atoms with E-state index in [0.717, 1.165) is 20.5 Å². The summed E-state index contributed by atoms with van der Waals surface area (Å²) in [6, 6.07) is 13.0. The zero-order valence-electron chi connectivity index (χ0n) is 15.8. The van der Waals surface area contributed by atoms with Crippen molar-refractivity contribution in [1.82, 2.24) is 15.1 Å². The van der Waals surface area contributed by atoms with Crippen molar-refractivity contribution >= 4 is 33.4 Å². The topological polar surface area (TPSA) is 104 Å². The van der Waals surface area contributed by atoms with Gasteiger partial charge in [0.05, 0.1) is 5.69 Å². The van der Waals surface area contributed by atoms with E-state index in [-0.39, 0.29) is 18.3 Å². The Kier molecular flexibility index (Phi) is 4.43. The number of fused-ring (bicyclic) bond motifs is 1. The van der Waals surface area contributed by atoms with Gasteiger partial charge in [-0.05, 0) is 37.3 Å². The molecule has 0 saturated carbocycles. The molecule has 2 atom stereocenters. The summed E-state index contributed by atoms with van der Waals surface area (Å²) in [6.45, 7) is 2.06. The third-order valence-electron chi connectivity index (χ3n) is 4.98. The molecule has 0 aliphatic carbocycles. The maximum absolute atomic E-state index is 13.0. The largest absolute Gasteiger partial charge is 0.337 e. The van der Waals surface area contributed by atoms with Gasteiger partial charge in [0.1, 0.15) is 6.54 Å². The number of aromatic nitrogens is 2. The van der Waals surface area contributed by atoms with E-state index in [0.29, 0.717) is 11.5 Å². The normalized spacial score (nSPS) is 20.3. The molecule has 0 unspecified atom stereocenters. The predicted octanol–water partition coefficient (Wildman–Crippen LogP) is 3.30. The number of carbonyl (C=O) groups excluding carboxylic acids is 2. The first-order valence-electron chi connectivity index (χ1n) is 9.22. The molecule has 0 spiro atoms. The Morgan fingerprint density at radius 1 is 1.10 bits per heavy atom. The number of rotatable bonds is 4. The predicted molar refractivity (Wildman–Crippen MR) is 109 cm³/mol. The lowest BCUT2D eigenvalue weighted by Gasteiger charge is -2.19. The molecule has 30 heavy (non-hydrogen) atoms. The minimum absolute atomic E-state index is 0.0800. The molecule has 3 heterocycles. The number of carbonyl (C=O) groups is 2. The Labute approximate surface area is 179 Å². The van der Waals surface area contributed by atoms with E-state index in [1.807, 2.05) is 31.2 Å². The van der Waals surface area contributed by atoms with Gasteiger partial charge in [0.15, 0.2) is 12.1 Å². The van der Waals surface area contributed by atoms with Gasteiger partial charge in [-0.25, -0.2) is 4.90 Å². The van der Waals surface area contributed by atoms with Crippen molar-refractivity contribution in [2.24, 2.45) is 10.3 Å². The van der Waals surface area contributed by atoms with E-state index in [9.17, 15) is 9.59 Å². The average Bonchev–Trinajstić information content (AvgIpc) is 3.42. The van der Waals surface area contributed by atoms with Gasteiger partial charge in [-0.1, -0.05) is 50.1 Å². The van der Waals surface area contributed by atoms with Gasteiger partial charge in [0, 0.05) is 10.0 Å². The molecular formula is C20H15BrN6O3. The fourth-order valence-corrected chi connectivity index (χ4v) is 3.82. The molecule has 2 aromatic carbocycles. The highest BCUT2D eigenvalue weighted by atomic mass is 79.9. The summed E-state index contributed by atoms with van der Waals surface area (Å²) in [6.07, 6.45) is 0. The molecule has 0 bridgehead atoms. The number of anilines is 1. The second-order valence-electron chi connectivity index (χ2n) is 7.06. The van der Waals surface area contributed by atoms with Crippen molar-refractivity contribution in [3.63, 3.8) is 0 Å². The van der Waals surface area contributed by atoms with E-state index in [1.165, 1.54) is 5.01 Å². The van der Waals surface area contributed by atoms with E-state index in [2.05, 4.69) is 36.4 Å². The van der Waals surface area contributed by atoms with Crippen LogP contribution in [0, 0.1) is 6.92 Å². The summed E-state index contributed by atoms with van der Waals surface area (Å²) in [5.74, 6) is -0.0413. The summed E-state index contributed by atoms with van der Waals surface area (Å²) >= 11 is 3.35. The van der Waals surface area contributed by atoms with Gasteiger partial charge < -0.3 is 4.52 Å². The molecule has 1 fully saturated rings. The van der Waals surface area contributed by atoms with Gasteiger partial charge in [-0.3, -0.25) is 14.6 Å². The SMILES string of the molecule is Cc1cccc(-c2noc(CN3N=N[C@H]4C(=O)N(c5ccc(Br)cc5)C(=O)[C@@H]43)n2)c1. The molecule has 3 aromatic rings. The lowest BCUT2D eigenvalue weighted by atomic mass is 10.1. The minimum atomic E-state index is -0.875. The lowest BCUT2D eigenvalue weighted by molar-refractivity contribution is -0.123. The lowest BCUT2D eigenvalue weighted by Crippen LogP contribution is -2.39. The van der Waals surface area contributed by atoms with Gasteiger partial charge >= 0.3 is 0 Å². The molecule has 5 rings (SSSR count). The Bertz CT molecular complexity index is 1180. The monoisotopic (exact) mass is 466 g/mol. The number of hydrogen-bond acceptors (Lipinski definition) is 8. The number of hydrogen-bond donors (Lipinski definition) is 0. The van der Waals surface area contributed by atoms with Gasteiger partial charge in [-0.2, -0.15) is 10.1 Å². The summed E-state index contributed by atoms with van der Waals surface area (Å²) in [4.78, 5) is 31.3. The first-order chi connectivity index (χ1) is 14.5. The van der Waals surface area contributed by atoms with Gasteiger partial charge in [-0.15, -0.1) is 0 Å². The smallest absolute Gasteiger partial charge is 0.263 e. The highest BCUT2D eigenvalue weighted by Crippen LogP contribution is 2.33. The second kappa shape index (κ2) is 7.13. The molecule has 10 heteroatoms. The Morgan fingerprint density at radius 2 is 1.90 bits per heavy atom. The molecule has 9 nitrogen and oxygen atoms in total. The standard InChI is InChI=1S/C20H15BrN6O3/c1-11-3-2-4-12(9-11)18-22-15(30-24-18)10-26-17-16(23-25-26)19(28)27(20(17)29)14-7-5-13(21)6-8-14/h2-9,16-17H,10H2,1H3/t16-,17-/m1/s1. The van der Waals surface area contributed by atoms with Crippen molar-refractivity contribution in [3.8, 4) is 11.4 Å². The van der Waals surface area contributed by atoms with E-state index in [4.69, 9.17) is 4.52 Å². The molecule has 2 aliphatic rings. The number of benzene rings is 2. The summed E-state index contributed by atoms with van der Waals surface area (Å²) in [5, 5.41) is 13.5. The summed E-state index contributed by atoms with van der Waals surface area (Å²) < 4.78 is 6.19. The number of amides is 2. The molecule has 2 amide bonds. The number of nitrogens with zero attached hydrogens (tertiary/aromatic N) is 6. The average molecular weight is 467 g/mol. The molecular weight excluding hydrogens is 452 g/mol. The van der Waals surface area contributed by atoms with Crippen LogP contribution < -0.4 is 4.90 Å². The zero-order valence-corrected chi connectivity index (χ0v) is 17.4. The summed E-state index contributed by atoms with van der Waals surface area (Å²) in [5.41, 5.74) is 2.41. The first-order valence-corrected chi connectivity index (χ1v) is 10.0. The van der Waals surface area contributed by atoms with E-state index >= 15 is 0 Å². The van der Waals surface area contributed by atoms with Crippen LogP contribution in [0.1, 0.15) is 11.5 Å². The van der Waals surface area contributed by atoms with Crippen LogP contribution in [0.4, 0.5) is 5.69 Å². The van der Waals surface area contributed by atoms with Crippen molar-refractivity contribution in [1.29, 1.82) is 0 Å². The highest BCUT2D eigenvalue weighted by molar-refractivity contribution is 9.10. The Hall–Kier alpha value is -3.40. The van der Waals surface area contributed by atoms with Crippen LogP contribution in [0.2, 0.25) is 0 Å². The van der Waals surface area contributed by atoms with Crippen LogP contribution in [-0.4, -0.2) is 39.0 Å². The highest BCUT2D eigenvalue weighted by Gasteiger charge is 2.55. The van der Waals surface area contributed by atoms with Crippen molar-refractivity contribution in [3.05, 3.63) is 64.5 Å². The molecule has 150 valence electrons. The third-order valence-corrected chi connectivity index (χ3v) is 5.51. The van der Waals surface area contributed by atoms with Crippen molar-refractivity contribution in [2.45, 2.75) is 25.6 Å². The van der Waals surface area contributed by atoms with Crippen molar-refractivity contribution < 1.29 is 14.1 Å². The number of halogens is 1. The third kappa shape index (κ3) is 3.09. The number of aryl methyl sites for hydroxylation is 1. The first kappa shape index (κ1) is 18.6. The maximum Gasteiger partial charge on any atom is 0.263 e. The minimum Gasteiger partial charge on any atom is -0.337 e. The number of imide groups is 1. The van der Waals surface area contributed by atoms with E-state index in [1.54, 1.807) is 24.3 Å². The van der Waals surface area contributed by atoms with Crippen LogP contribution in [0.3, 0.4) is 0 Å². The maximum atomic E-state index is 13.0. The van der Waals surface area contributed by atoms with Crippen LogP contribution in [0.25, 0.3) is 11.4 Å². The van der Waals surface area contributed by atoms with E-state index < -0.39 is 18.0 Å². The fraction of sp³-hybridized carbons (Fsp3) is 0.200. The van der Waals surface area contributed by atoms with Crippen LogP contribution in [-0.2, 0) is 16.1 Å². The molecule has 1 aromatic heterocycles. The van der Waals surface area contributed by atoms with Gasteiger partial charge in [0.25, 0.3) is 11.8 Å². The fourth-order valence-electron chi connectivity index (χ4n) is 3.56. The van der Waals surface area contributed by atoms with Crippen LogP contribution in [0.15, 0.2) is 67.9 Å².